The van der Waals surface area contributed by atoms with Crippen LogP contribution in [0.5, 0.6) is 0 Å². The number of fused-ring (bicyclic) bond motifs is 3. The molecule has 1 aliphatic rings. The van der Waals surface area contributed by atoms with Crippen LogP contribution in [0.2, 0.25) is 0 Å². The van der Waals surface area contributed by atoms with Crippen molar-refractivity contribution in [1.82, 2.24) is 9.80 Å². The highest BCUT2D eigenvalue weighted by Gasteiger charge is 2.43. The number of aryl methyl sites for hydroxylation is 2. The van der Waals surface area contributed by atoms with Crippen LogP contribution in [0.15, 0.2) is 109 Å². The fourth-order valence-corrected chi connectivity index (χ4v) is 7.41. The molecule has 5 aromatic rings. The zero-order valence-corrected chi connectivity index (χ0v) is 30.3. The van der Waals surface area contributed by atoms with E-state index >= 15 is 0 Å². The summed E-state index contributed by atoms with van der Waals surface area (Å²) in [6.07, 6.45) is 3.34. The van der Waals surface area contributed by atoms with Crippen LogP contribution in [0.4, 0.5) is 17.1 Å². The highest BCUT2D eigenvalue weighted by atomic mass is 15.1. The van der Waals surface area contributed by atoms with Crippen LogP contribution in [0.25, 0.3) is 22.3 Å². The quantitative estimate of drug-likeness (QED) is 0.133. The molecule has 0 amide bonds. The molecule has 1 atom stereocenters. The van der Waals surface area contributed by atoms with Crippen LogP contribution in [0.1, 0.15) is 74.3 Å². The zero-order valence-electron chi connectivity index (χ0n) is 30.3. The van der Waals surface area contributed by atoms with E-state index in [0.29, 0.717) is 5.92 Å². The summed E-state index contributed by atoms with van der Waals surface area (Å²) < 4.78 is 0. The first-order chi connectivity index (χ1) is 23.1. The maximum Gasteiger partial charge on any atom is 0.0462 e. The maximum atomic E-state index is 2.51. The summed E-state index contributed by atoms with van der Waals surface area (Å²) in [5.41, 5.74) is 15.8. The van der Waals surface area contributed by atoms with Crippen molar-refractivity contribution in [2.24, 2.45) is 0 Å². The standard InChI is InChI=1S/C45H53N3.CH4/c1-9-34(4)35-13-20-39(21-14-35)48(38-18-10-32(2)11-19-38)40-22-15-36(16-23-40)37-17-25-42-41-24-12-33(3)30-43(41)45(44(42)31-37,26-28-46(5)6)27-29-47(7)8;/h10-25,30-31,34H,9,26-29H2,1-8H3;1H4. The summed E-state index contributed by atoms with van der Waals surface area (Å²) >= 11 is 0. The Kier molecular flexibility index (Phi) is 11.2. The highest BCUT2D eigenvalue weighted by molar-refractivity contribution is 5.85. The Bertz CT molecular complexity index is 1820. The van der Waals surface area contributed by atoms with E-state index in [1.54, 1.807) is 0 Å². The van der Waals surface area contributed by atoms with Crippen LogP contribution in [0.3, 0.4) is 0 Å². The predicted octanol–water partition coefficient (Wildman–Crippen LogP) is 11.8. The summed E-state index contributed by atoms with van der Waals surface area (Å²) in [6, 6.07) is 41.5. The molecule has 6 rings (SSSR count). The minimum absolute atomic E-state index is 0. The predicted molar refractivity (Wildman–Crippen MR) is 214 cm³/mol. The average Bonchev–Trinajstić information content (AvgIpc) is 3.35. The molecule has 3 heteroatoms. The monoisotopic (exact) mass is 651 g/mol. The van der Waals surface area contributed by atoms with Crippen molar-refractivity contribution in [3.8, 4) is 22.3 Å². The molecule has 0 fully saturated rings. The van der Waals surface area contributed by atoms with Gasteiger partial charge in [-0.2, -0.15) is 0 Å². The Hall–Kier alpha value is -4.18. The molecule has 0 N–H and O–H groups in total. The molecule has 0 aliphatic heterocycles. The van der Waals surface area contributed by atoms with Gasteiger partial charge < -0.3 is 14.7 Å². The zero-order chi connectivity index (χ0) is 34.0. The summed E-state index contributed by atoms with van der Waals surface area (Å²) in [4.78, 5) is 7.05. The highest BCUT2D eigenvalue weighted by Crippen LogP contribution is 2.54. The van der Waals surface area contributed by atoms with Crippen molar-refractivity contribution in [3.63, 3.8) is 0 Å². The van der Waals surface area contributed by atoms with Crippen LogP contribution in [-0.2, 0) is 5.41 Å². The van der Waals surface area contributed by atoms with E-state index in [1.807, 2.05) is 0 Å². The molecule has 3 nitrogen and oxygen atoms in total. The number of rotatable bonds is 12. The first-order valence-electron chi connectivity index (χ1n) is 17.7. The van der Waals surface area contributed by atoms with Gasteiger partial charge in [-0.05, 0) is 162 Å². The second-order valence-electron chi connectivity index (χ2n) is 14.6. The van der Waals surface area contributed by atoms with Crippen molar-refractivity contribution >= 4 is 17.1 Å². The van der Waals surface area contributed by atoms with Crippen molar-refractivity contribution in [2.45, 2.75) is 65.7 Å². The number of nitrogens with zero attached hydrogens (tertiary/aromatic N) is 3. The lowest BCUT2D eigenvalue weighted by molar-refractivity contribution is 0.300. The molecular formula is C46H57N3. The van der Waals surface area contributed by atoms with E-state index in [1.165, 1.54) is 61.4 Å². The van der Waals surface area contributed by atoms with Crippen LogP contribution < -0.4 is 4.90 Å². The molecule has 5 aromatic carbocycles. The van der Waals surface area contributed by atoms with E-state index in [-0.39, 0.29) is 12.8 Å². The van der Waals surface area contributed by atoms with Gasteiger partial charge >= 0.3 is 0 Å². The largest absolute Gasteiger partial charge is 0.311 e. The molecule has 256 valence electrons. The van der Waals surface area contributed by atoms with Crippen LogP contribution in [-0.4, -0.2) is 51.1 Å². The Labute approximate surface area is 297 Å². The summed E-state index contributed by atoms with van der Waals surface area (Å²) in [7, 11) is 8.80. The van der Waals surface area contributed by atoms with Gasteiger partial charge in [0.25, 0.3) is 0 Å². The maximum absolute atomic E-state index is 2.51. The van der Waals surface area contributed by atoms with Crippen molar-refractivity contribution in [1.29, 1.82) is 0 Å². The molecular weight excluding hydrogens is 595 g/mol. The topological polar surface area (TPSA) is 9.72 Å². The summed E-state index contributed by atoms with van der Waals surface area (Å²) in [5.74, 6) is 0.555. The number of benzene rings is 5. The van der Waals surface area contributed by atoms with Crippen LogP contribution >= 0.6 is 0 Å². The second-order valence-corrected chi connectivity index (χ2v) is 14.6. The van der Waals surface area contributed by atoms with Gasteiger partial charge in [0.2, 0.25) is 0 Å². The van der Waals surface area contributed by atoms with Crippen LogP contribution in [0, 0.1) is 13.8 Å². The Balaban J connectivity index is 0.00000468. The van der Waals surface area contributed by atoms with E-state index in [9.17, 15) is 0 Å². The molecule has 0 spiro atoms. The van der Waals surface area contributed by atoms with Crippen molar-refractivity contribution in [3.05, 3.63) is 137 Å². The van der Waals surface area contributed by atoms with Gasteiger partial charge in [0, 0.05) is 22.5 Å². The molecule has 1 aliphatic carbocycles. The average molecular weight is 652 g/mol. The minimum atomic E-state index is -0.0230. The molecule has 1 unspecified atom stereocenters. The minimum Gasteiger partial charge on any atom is -0.311 e. The molecule has 0 saturated heterocycles. The van der Waals surface area contributed by atoms with Gasteiger partial charge in [0.15, 0.2) is 0 Å². The van der Waals surface area contributed by atoms with Crippen molar-refractivity contribution in [2.75, 3.05) is 46.2 Å². The van der Waals surface area contributed by atoms with E-state index < -0.39 is 0 Å². The van der Waals surface area contributed by atoms with Gasteiger partial charge in [-0.15, -0.1) is 0 Å². The fraction of sp³-hybridized carbons (Fsp3) is 0.348. The molecule has 0 aromatic heterocycles. The molecule has 0 saturated carbocycles. The van der Waals surface area contributed by atoms with E-state index in [2.05, 4.69) is 180 Å². The Morgan fingerprint density at radius 1 is 0.551 bits per heavy atom. The Morgan fingerprint density at radius 2 is 1.00 bits per heavy atom. The Morgan fingerprint density at radius 3 is 1.53 bits per heavy atom. The molecule has 0 heterocycles. The number of hydrogen-bond donors (Lipinski definition) is 0. The lowest BCUT2D eigenvalue weighted by atomic mass is 9.72. The summed E-state index contributed by atoms with van der Waals surface area (Å²) in [5, 5.41) is 0. The summed E-state index contributed by atoms with van der Waals surface area (Å²) in [6.45, 7) is 11.0. The van der Waals surface area contributed by atoms with E-state index in [4.69, 9.17) is 0 Å². The SMILES string of the molecule is C.CCC(C)c1ccc(N(c2ccc(C)cc2)c2ccc(-c3ccc4c(c3)C(CCN(C)C)(CCN(C)C)c3cc(C)ccc3-4)cc2)cc1. The molecule has 0 bridgehead atoms. The van der Waals surface area contributed by atoms with E-state index in [0.717, 1.165) is 38.0 Å². The third-order valence-electron chi connectivity index (χ3n) is 10.6. The first-order valence-corrected chi connectivity index (χ1v) is 17.7. The van der Waals surface area contributed by atoms with Gasteiger partial charge in [-0.25, -0.2) is 0 Å². The molecule has 0 radical (unpaired) electrons. The smallest absolute Gasteiger partial charge is 0.0462 e. The third-order valence-corrected chi connectivity index (χ3v) is 10.6. The second kappa shape index (κ2) is 15.2. The lowest BCUT2D eigenvalue weighted by Crippen LogP contribution is -2.33. The molecule has 49 heavy (non-hydrogen) atoms. The lowest BCUT2D eigenvalue weighted by Gasteiger charge is -2.35. The normalized spacial score (nSPS) is 13.6. The van der Waals surface area contributed by atoms with Gasteiger partial charge in [-0.1, -0.05) is 99.1 Å². The number of anilines is 3. The number of hydrogen-bond acceptors (Lipinski definition) is 3. The fourth-order valence-electron chi connectivity index (χ4n) is 7.41. The third kappa shape index (κ3) is 7.39. The first kappa shape index (κ1) is 36.1. The van der Waals surface area contributed by atoms with Gasteiger partial charge in [0.1, 0.15) is 0 Å². The van der Waals surface area contributed by atoms with Crippen molar-refractivity contribution < 1.29 is 0 Å². The van der Waals surface area contributed by atoms with Gasteiger partial charge in [0.05, 0.1) is 0 Å². The van der Waals surface area contributed by atoms with Gasteiger partial charge in [-0.3, -0.25) is 0 Å².